The number of anilines is 1. The predicted octanol–water partition coefficient (Wildman–Crippen LogP) is 2.92. The van der Waals surface area contributed by atoms with Crippen LogP contribution in [0.3, 0.4) is 0 Å². The van der Waals surface area contributed by atoms with E-state index in [-0.39, 0.29) is 5.91 Å². The number of piperazine rings is 1. The number of amides is 1. The van der Waals surface area contributed by atoms with Gasteiger partial charge in [-0.2, -0.15) is 0 Å². The Bertz CT molecular complexity index is 916. The van der Waals surface area contributed by atoms with E-state index in [4.69, 9.17) is 16.3 Å². The SMILES string of the molecule is O=C(CSc1nc(Cl)cc(N2CCN(CC=Cc3ccccc3)CC2)n1)N1CCOCC1. The van der Waals surface area contributed by atoms with E-state index in [9.17, 15) is 4.79 Å². The fourth-order valence-corrected chi connectivity index (χ4v) is 4.69. The van der Waals surface area contributed by atoms with E-state index in [2.05, 4.69) is 56.2 Å². The molecule has 1 amide bonds. The number of carbonyl (C=O) groups excluding carboxylic acids is 1. The number of thioether (sulfide) groups is 1. The number of halogens is 1. The van der Waals surface area contributed by atoms with E-state index in [1.807, 2.05) is 11.0 Å². The van der Waals surface area contributed by atoms with Crippen molar-refractivity contribution in [1.82, 2.24) is 19.8 Å². The molecule has 32 heavy (non-hydrogen) atoms. The number of benzene rings is 1. The predicted molar refractivity (Wildman–Crippen MR) is 129 cm³/mol. The molecular formula is C23H28ClN5O2S. The van der Waals surface area contributed by atoms with Crippen LogP contribution in [0, 0.1) is 0 Å². The Hall–Kier alpha value is -2.13. The highest BCUT2D eigenvalue weighted by molar-refractivity contribution is 7.99. The van der Waals surface area contributed by atoms with Crippen molar-refractivity contribution >= 4 is 41.2 Å². The summed E-state index contributed by atoms with van der Waals surface area (Å²) in [6.07, 6.45) is 4.38. The fraction of sp³-hybridized carbons (Fsp3) is 0.435. The molecule has 0 N–H and O–H groups in total. The lowest BCUT2D eigenvalue weighted by atomic mass is 10.2. The maximum Gasteiger partial charge on any atom is 0.233 e. The van der Waals surface area contributed by atoms with Crippen LogP contribution >= 0.6 is 23.4 Å². The zero-order valence-corrected chi connectivity index (χ0v) is 19.6. The second-order valence-corrected chi connectivity index (χ2v) is 9.04. The summed E-state index contributed by atoms with van der Waals surface area (Å²) in [6, 6.07) is 12.2. The smallest absolute Gasteiger partial charge is 0.233 e. The minimum absolute atomic E-state index is 0.0839. The number of hydrogen-bond donors (Lipinski definition) is 0. The molecule has 1 aromatic carbocycles. The summed E-state index contributed by atoms with van der Waals surface area (Å²) in [5, 5.41) is 0.951. The monoisotopic (exact) mass is 473 g/mol. The topological polar surface area (TPSA) is 61.8 Å². The summed E-state index contributed by atoms with van der Waals surface area (Å²) in [5.74, 6) is 1.22. The molecule has 0 saturated carbocycles. The van der Waals surface area contributed by atoms with Crippen LogP contribution < -0.4 is 4.90 Å². The largest absolute Gasteiger partial charge is 0.378 e. The maximum absolute atomic E-state index is 12.4. The van der Waals surface area contributed by atoms with Crippen molar-refractivity contribution < 1.29 is 9.53 Å². The Morgan fingerprint density at radius 3 is 2.56 bits per heavy atom. The number of morpholine rings is 1. The van der Waals surface area contributed by atoms with Crippen LogP contribution in [0.4, 0.5) is 5.82 Å². The number of nitrogens with zero attached hydrogens (tertiary/aromatic N) is 5. The standard InChI is InChI=1S/C23H28ClN5O2S/c24-20-17-21(26-23(25-20)32-18-22(30)29-13-15-31-16-14-29)28-11-9-27(10-12-28)8-4-7-19-5-2-1-3-6-19/h1-7,17H,8-16,18H2. The number of carbonyl (C=O) groups is 1. The van der Waals surface area contributed by atoms with Gasteiger partial charge in [0, 0.05) is 51.9 Å². The minimum atomic E-state index is 0.0839. The summed E-state index contributed by atoms with van der Waals surface area (Å²) in [7, 11) is 0. The van der Waals surface area contributed by atoms with E-state index >= 15 is 0 Å². The molecule has 3 heterocycles. The second-order valence-electron chi connectivity index (χ2n) is 7.71. The average molecular weight is 474 g/mol. The molecule has 7 nitrogen and oxygen atoms in total. The Kier molecular flexibility index (Phi) is 8.39. The van der Waals surface area contributed by atoms with Gasteiger partial charge < -0.3 is 14.5 Å². The van der Waals surface area contributed by atoms with Gasteiger partial charge >= 0.3 is 0 Å². The number of aromatic nitrogens is 2. The first-order valence-electron chi connectivity index (χ1n) is 10.9. The third-order valence-corrected chi connectivity index (χ3v) is 6.54. The Labute approximate surface area is 198 Å². The molecular weight excluding hydrogens is 446 g/mol. The summed E-state index contributed by atoms with van der Waals surface area (Å²) in [6.45, 7) is 7.09. The van der Waals surface area contributed by atoms with Gasteiger partial charge in [-0.05, 0) is 5.56 Å². The number of rotatable bonds is 7. The fourth-order valence-electron chi connectivity index (χ4n) is 3.70. The van der Waals surface area contributed by atoms with Crippen molar-refractivity contribution in [2.45, 2.75) is 5.16 Å². The minimum Gasteiger partial charge on any atom is -0.378 e. The molecule has 0 aliphatic carbocycles. The van der Waals surface area contributed by atoms with Crippen LogP contribution in [0.15, 0.2) is 47.6 Å². The molecule has 4 rings (SSSR count). The van der Waals surface area contributed by atoms with Crippen molar-refractivity contribution in [3.8, 4) is 0 Å². The van der Waals surface area contributed by atoms with Crippen LogP contribution in [0.1, 0.15) is 5.56 Å². The highest BCUT2D eigenvalue weighted by atomic mass is 35.5. The van der Waals surface area contributed by atoms with Crippen LogP contribution in [-0.4, -0.2) is 90.5 Å². The summed E-state index contributed by atoms with van der Waals surface area (Å²) in [5.41, 5.74) is 1.22. The quantitative estimate of drug-likeness (QED) is 0.348. The lowest BCUT2D eigenvalue weighted by Crippen LogP contribution is -2.46. The van der Waals surface area contributed by atoms with Gasteiger partial charge in [-0.1, -0.05) is 65.8 Å². The zero-order valence-electron chi connectivity index (χ0n) is 18.0. The average Bonchev–Trinajstić information content (AvgIpc) is 2.84. The Morgan fingerprint density at radius 1 is 1.06 bits per heavy atom. The summed E-state index contributed by atoms with van der Waals surface area (Å²) in [4.78, 5) is 27.9. The zero-order chi connectivity index (χ0) is 22.2. The van der Waals surface area contributed by atoms with Gasteiger partial charge in [0.1, 0.15) is 11.0 Å². The molecule has 2 aliphatic heterocycles. The first-order valence-corrected chi connectivity index (χ1v) is 12.3. The van der Waals surface area contributed by atoms with Gasteiger partial charge in [-0.15, -0.1) is 0 Å². The van der Waals surface area contributed by atoms with Crippen LogP contribution in [0.2, 0.25) is 5.15 Å². The Balaban J connectivity index is 1.27. The lowest BCUT2D eigenvalue weighted by Gasteiger charge is -2.35. The maximum atomic E-state index is 12.4. The van der Waals surface area contributed by atoms with Crippen LogP contribution in [0.5, 0.6) is 0 Å². The molecule has 2 saturated heterocycles. The third kappa shape index (κ3) is 6.68. The van der Waals surface area contributed by atoms with Gasteiger partial charge in [0.2, 0.25) is 5.91 Å². The molecule has 2 fully saturated rings. The van der Waals surface area contributed by atoms with E-state index < -0.39 is 0 Å². The van der Waals surface area contributed by atoms with Gasteiger partial charge in [-0.3, -0.25) is 9.69 Å². The molecule has 0 atom stereocenters. The first-order chi connectivity index (χ1) is 15.7. The van der Waals surface area contributed by atoms with Crippen LogP contribution in [0.25, 0.3) is 6.08 Å². The van der Waals surface area contributed by atoms with Gasteiger partial charge in [0.25, 0.3) is 0 Å². The van der Waals surface area contributed by atoms with Gasteiger partial charge in [0.05, 0.1) is 19.0 Å². The molecule has 1 aromatic heterocycles. The Morgan fingerprint density at radius 2 is 1.81 bits per heavy atom. The summed E-state index contributed by atoms with van der Waals surface area (Å²) < 4.78 is 5.31. The van der Waals surface area contributed by atoms with Crippen molar-refractivity contribution in [3.63, 3.8) is 0 Å². The van der Waals surface area contributed by atoms with Crippen molar-refractivity contribution in [1.29, 1.82) is 0 Å². The van der Waals surface area contributed by atoms with Crippen molar-refractivity contribution in [2.24, 2.45) is 0 Å². The van der Waals surface area contributed by atoms with Crippen LogP contribution in [-0.2, 0) is 9.53 Å². The van der Waals surface area contributed by atoms with E-state index in [1.54, 1.807) is 6.07 Å². The van der Waals surface area contributed by atoms with E-state index in [0.717, 1.165) is 38.5 Å². The highest BCUT2D eigenvalue weighted by Gasteiger charge is 2.20. The van der Waals surface area contributed by atoms with Gasteiger partial charge in [-0.25, -0.2) is 9.97 Å². The third-order valence-electron chi connectivity index (χ3n) is 5.52. The molecule has 2 aliphatic rings. The highest BCUT2D eigenvalue weighted by Crippen LogP contribution is 2.23. The van der Waals surface area contributed by atoms with Crippen molar-refractivity contribution in [3.05, 3.63) is 53.2 Å². The lowest BCUT2D eigenvalue weighted by molar-refractivity contribution is -0.132. The van der Waals surface area contributed by atoms with Gasteiger partial charge in [0.15, 0.2) is 5.16 Å². The first kappa shape index (κ1) is 23.0. The number of ether oxygens (including phenoxy) is 1. The molecule has 0 unspecified atom stereocenters. The van der Waals surface area contributed by atoms with E-state index in [1.165, 1.54) is 17.3 Å². The number of hydrogen-bond acceptors (Lipinski definition) is 7. The molecule has 0 bridgehead atoms. The molecule has 2 aromatic rings. The normalized spacial score (nSPS) is 17.8. The molecule has 0 spiro atoms. The summed E-state index contributed by atoms with van der Waals surface area (Å²) >= 11 is 7.61. The molecule has 0 radical (unpaired) electrons. The molecule has 170 valence electrons. The molecule has 9 heteroatoms. The van der Waals surface area contributed by atoms with E-state index in [0.29, 0.717) is 42.4 Å². The van der Waals surface area contributed by atoms with Crippen molar-refractivity contribution in [2.75, 3.05) is 69.7 Å². The second kappa shape index (κ2) is 11.7.